The van der Waals surface area contributed by atoms with Crippen LogP contribution in [0.15, 0.2) is 4.99 Å². The molecule has 3 N–H and O–H groups in total. The molecule has 3 rings (SSSR count). The molecule has 4 nitrogen and oxygen atoms in total. The summed E-state index contributed by atoms with van der Waals surface area (Å²) in [6.07, 6.45) is 7.64. The van der Waals surface area contributed by atoms with Gasteiger partial charge in [-0.2, -0.15) is 0 Å². The molecule has 96 valence electrons. The van der Waals surface area contributed by atoms with Gasteiger partial charge in [0, 0.05) is 18.5 Å². The summed E-state index contributed by atoms with van der Waals surface area (Å²) >= 11 is 0. The van der Waals surface area contributed by atoms with Gasteiger partial charge in [-0.05, 0) is 37.5 Å². The summed E-state index contributed by atoms with van der Waals surface area (Å²) in [7, 11) is 0. The van der Waals surface area contributed by atoms with Gasteiger partial charge in [-0.15, -0.1) is 0 Å². The summed E-state index contributed by atoms with van der Waals surface area (Å²) in [5.74, 6) is 0.679. The van der Waals surface area contributed by atoms with Crippen LogP contribution in [0.25, 0.3) is 0 Å². The van der Waals surface area contributed by atoms with Crippen molar-refractivity contribution < 1.29 is 5.11 Å². The van der Waals surface area contributed by atoms with Crippen molar-refractivity contribution in [3.8, 4) is 0 Å². The van der Waals surface area contributed by atoms with Crippen molar-refractivity contribution in [2.45, 2.75) is 38.5 Å². The monoisotopic (exact) mass is 237 g/mol. The van der Waals surface area contributed by atoms with E-state index in [-0.39, 0.29) is 12.0 Å². The third-order valence-electron chi connectivity index (χ3n) is 5.01. The minimum Gasteiger partial charge on any atom is -0.396 e. The molecule has 1 aliphatic heterocycles. The lowest BCUT2D eigenvalue weighted by atomic mass is 9.45. The number of nitrogens with two attached hydrogens (primary N) is 1. The van der Waals surface area contributed by atoms with Gasteiger partial charge in [0.1, 0.15) is 0 Å². The summed E-state index contributed by atoms with van der Waals surface area (Å²) in [6, 6.07) is 0. The second-order valence-corrected chi connectivity index (χ2v) is 6.38. The maximum atomic E-state index is 9.59. The van der Waals surface area contributed by atoms with E-state index in [0.717, 1.165) is 25.9 Å². The van der Waals surface area contributed by atoms with E-state index in [1.54, 1.807) is 0 Å². The Labute approximate surface area is 103 Å². The van der Waals surface area contributed by atoms with E-state index in [0.29, 0.717) is 17.9 Å². The zero-order valence-corrected chi connectivity index (χ0v) is 10.5. The third-order valence-corrected chi connectivity index (χ3v) is 5.01. The van der Waals surface area contributed by atoms with Crippen LogP contribution in [0.2, 0.25) is 0 Å². The number of likely N-dealkylation sites (tertiary alicyclic amines) is 1. The van der Waals surface area contributed by atoms with E-state index in [4.69, 9.17) is 5.73 Å². The lowest BCUT2D eigenvalue weighted by molar-refractivity contribution is -0.115. The van der Waals surface area contributed by atoms with Crippen LogP contribution in [-0.2, 0) is 0 Å². The molecule has 1 heterocycles. The van der Waals surface area contributed by atoms with Crippen molar-refractivity contribution in [1.29, 1.82) is 0 Å². The summed E-state index contributed by atoms with van der Waals surface area (Å²) in [5.41, 5.74) is 6.57. The fourth-order valence-electron chi connectivity index (χ4n) is 3.74. The first kappa shape index (κ1) is 11.3. The predicted octanol–water partition coefficient (Wildman–Crippen LogP) is 0.950. The Balaban J connectivity index is 1.56. The van der Waals surface area contributed by atoms with Crippen LogP contribution >= 0.6 is 0 Å². The Kier molecular flexibility index (Phi) is 2.58. The molecule has 2 aliphatic carbocycles. The number of hydrogen-bond acceptors (Lipinski definition) is 2. The second kappa shape index (κ2) is 3.87. The van der Waals surface area contributed by atoms with Crippen LogP contribution in [0.5, 0.6) is 0 Å². The molecule has 0 aromatic heterocycles. The number of aliphatic imine (C=N–C) groups is 1. The van der Waals surface area contributed by atoms with Crippen molar-refractivity contribution in [2.75, 3.05) is 26.2 Å². The van der Waals surface area contributed by atoms with Gasteiger partial charge in [-0.25, -0.2) is 0 Å². The maximum absolute atomic E-state index is 9.59. The fourth-order valence-corrected chi connectivity index (χ4v) is 3.74. The SMILES string of the molecule is NC(=NCC1(CO)CC2(CCC2)C1)N1CCC1. The first-order valence-electron chi connectivity index (χ1n) is 6.83. The molecular formula is C13H23N3O. The molecule has 0 aromatic rings. The van der Waals surface area contributed by atoms with Gasteiger partial charge < -0.3 is 15.7 Å². The fraction of sp³-hybridized carbons (Fsp3) is 0.923. The number of aliphatic hydroxyl groups is 1. The highest BCUT2D eigenvalue weighted by atomic mass is 16.3. The molecule has 0 amide bonds. The largest absolute Gasteiger partial charge is 0.396 e. The quantitative estimate of drug-likeness (QED) is 0.567. The molecule has 0 atom stereocenters. The summed E-state index contributed by atoms with van der Waals surface area (Å²) in [4.78, 5) is 6.61. The molecule has 0 aromatic carbocycles. The average Bonchev–Trinajstić information content (AvgIpc) is 2.11. The molecule has 4 heteroatoms. The minimum absolute atomic E-state index is 0.0515. The van der Waals surface area contributed by atoms with Crippen LogP contribution in [0, 0.1) is 10.8 Å². The van der Waals surface area contributed by atoms with E-state index >= 15 is 0 Å². The number of rotatable bonds is 3. The van der Waals surface area contributed by atoms with Crippen molar-refractivity contribution in [2.24, 2.45) is 21.6 Å². The summed E-state index contributed by atoms with van der Waals surface area (Å²) < 4.78 is 0. The van der Waals surface area contributed by atoms with Crippen LogP contribution in [0.1, 0.15) is 38.5 Å². The number of hydrogen-bond donors (Lipinski definition) is 2. The molecule has 3 fully saturated rings. The van der Waals surface area contributed by atoms with E-state index in [1.165, 1.54) is 25.7 Å². The molecule has 17 heavy (non-hydrogen) atoms. The van der Waals surface area contributed by atoms with Gasteiger partial charge >= 0.3 is 0 Å². The third kappa shape index (κ3) is 1.82. The lowest BCUT2D eigenvalue weighted by Crippen LogP contribution is -2.54. The molecule has 1 spiro atoms. The van der Waals surface area contributed by atoms with Gasteiger partial charge in [-0.1, -0.05) is 6.42 Å². The molecule has 1 saturated heterocycles. The Morgan fingerprint density at radius 3 is 2.35 bits per heavy atom. The standard InChI is InChI=1S/C13H23N3O/c14-11(16-5-2-6-16)15-9-13(10-17)7-12(8-13)3-1-4-12/h17H,1-10H2,(H2,14,15). The Morgan fingerprint density at radius 2 is 1.94 bits per heavy atom. The predicted molar refractivity (Wildman–Crippen MR) is 67.7 cm³/mol. The first-order valence-corrected chi connectivity index (χ1v) is 6.83. The van der Waals surface area contributed by atoms with Gasteiger partial charge in [0.05, 0.1) is 13.2 Å². The minimum atomic E-state index is 0.0515. The first-order chi connectivity index (χ1) is 8.17. The maximum Gasteiger partial charge on any atom is 0.191 e. The molecule has 2 saturated carbocycles. The van der Waals surface area contributed by atoms with Crippen molar-refractivity contribution in [3.05, 3.63) is 0 Å². The molecule has 0 radical (unpaired) electrons. The Morgan fingerprint density at radius 1 is 1.24 bits per heavy atom. The lowest BCUT2D eigenvalue weighted by Gasteiger charge is -2.60. The molecule has 3 aliphatic rings. The van der Waals surface area contributed by atoms with E-state index in [1.807, 2.05) is 0 Å². The van der Waals surface area contributed by atoms with Crippen molar-refractivity contribution in [1.82, 2.24) is 4.90 Å². The highest BCUT2D eigenvalue weighted by molar-refractivity contribution is 5.78. The van der Waals surface area contributed by atoms with Crippen LogP contribution < -0.4 is 5.73 Å². The molecule has 0 bridgehead atoms. The highest BCUT2D eigenvalue weighted by Crippen LogP contribution is 2.64. The van der Waals surface area contributed by atoms with Gasteiger partial charge in [0.15, 0.2) is 5.96 Å². The van der Waals surface area contributed by atoms with E-state index in [9.17, 15) is 5.11 Å². The summed E-state index contributed by atoms with van der Waals surface area (Å²) in [5, 5.41) is 9.59. The van der Waals surface area contributed by atoms with E-state index < -0.39 is 0 Å². The van der Waals surface area contributed by atoms with Crippen molar-refractivity contribution in [3.63, 3.8) is 0 Å². The Hall–Kier alpha value is -0.770. The van der Waals surface area contributed by atoms with Crippen molar-refractivity contribution >= 4 is 5.96 Å². The number of nitrogens with zero attached hydrogens (tertiary/aromatic N) is 2. The topological polar surface area (TPSA) is 61.9 Å². The van der Waals surface area contributed by atoms with Crippen LogP contribution in [0.3, 0.4) is 0 Å². The smallest absolute Gasteiger partial charge is 0.191 e. The van der Waals surface area contributed by atoms with Gasteiger partial charge in [0.2, 0.25) is 0 Å². The average molecular weight is 237 g/mol. The zero-order chi connectivity index (χ0) is 11.9. The van der Waals surface area contributed by atoms with Crippen LogP contribution in [0.4, 0.5) is 0 Å². The normalized spacial score (nSPS) is 29.5. The summed E-state index contributed by atoms with van der Waals surface area (Å²) in [6.45, 7) is 3.08. The van der Waals surface area contributed by atoms with Gasteiger partial charge in [0.25, 0.3) is 0 Å². The molecular weight excluding hydrogens is 214 g/mol. The second-order valence-electron chi connectivity index (χ2n) is 6.38. The Bertz CT molecular complexity index is 324. The highest BCUT2D eigenvalue weighted by Gasteiger charge is 2.56. The molecule has 0 unspecified atom stereocenters. The zero-order valence-electron chi connectivity index (χ0n) is 10.5. The number of guanidine groups is 1. The van der Waals surface area contributed by atoms with E-state index in [2.05, 4.69) is 9.89 Å². The number of aliphatic hydroxyl groups excluding tert-OH is 1. The van der Waals surface area contributed by atoms with Crippen LogP contribution in [-0.4, -0.2) is 42.2 Å². The van der Waals surface area contributed by atoms with Gasteiger partial charge in [-0.3, -0.25) is 4.99 Å².